The highest BCUT2D eigenvalue weighted by Crippen LogP contribution is 2.16. The first kappa shape index (κ1) is 70.1. The highest BCUT2D eigenvalue weighted by atomic mass is 16.6. The number of unbranched alkanes of at least 4 members (excludes halogenated alkanes) is 37. The van der Waals surface area contributed by atoms with Gasteiger partial charge in [-0.1, -0.05) is 261 Å². The van der Waals surface area contributed by atoms with Gasteiger partial charge in [0, 0.05) is 19.3 Å². The first-order valence-corrected chi connectivity index (χ1v) is 31.8. The van der Waals surface area contributed by atoms with E-state index in [0.29, 0.717) is 19.3 Å². The van der Waals surface area contributed by atoms with Gasteiger partial charge in [0.25, 0.3) is 0 Å². The smallest absolute Gasteiger partial charge is 0.306 e. The van der Waals surface area contributed by atoms with E-state index in [9.17, 15) is 14.4 Å². The molecule has 0 spiro atoms. The molecule has 424 valence electrons. The third-order valence-corrected chi connectivity index (χ3v) is 14.0. The van der Waals surface area contributed by atoms with Crippen molar-refractivity contribution in [1.29, 1.82) is 0 Å². The molecule has 0 bridgehead atoms. The summed E-state index contributed by atoms with van der Waals surface area (Å²) in [5.74, 6) is -0.884. The molecule has 0 saturated carbocycles. The van der Waals surface area contributed by atoms with Crippen LogP contribution >= 0.6 is 0 Å². The number of ether oxygens (including phenoxy) is 3. The topological polar surface area (TPSA) is 78.9 Å². The number of allylic oxidation sites excluding steroid dienone is 10. The standard InChI is InChI=1S/C67H120O6/c1-4-7-10-13-16-19-22-25-27-28-29-30-31-32-33-34-35-36-37-38-39-40-41-43-45-48-51-54-57-60-66(69)72-63-64(62-71-65(68)59-56-53-50-47-44-24-21-18-15-12-9-6-3)73-67(70)61-58-55-52-49-46-42-26-23-20-17-14-11-8-5-2/h18,21-23,25-26,28-29,31-32,64H,4-17,19-20,24,27,30,33-63H2,1-3H3/b21-18-,25-22-,26-23-,29-28-,32-31-. The van der Waals surface area contributed by atoms with Crippen LogP contribution in [0.15, 0.2) is 60.8 Å². The number of hydrogen-bond donors (Lipinski definition) is 0. The summed E-state index contributed by atoms with van der Waals surface area (Å²) >= 11 is 0. The second-order valence-electron chi connectivity index (χ2n) is 21.3. The van der Waals surface area contributed by atoms with E-state index < -0.39 is 6.10 Å². The molecule has 6 nitrogen and oxygen atoms in total. The fourth-order valence-electron chi connectivity index (χ4n) is 9.15. The summed E-state index contributed by atoms with van der Waals surface area (Å²) < 4.78 is 16.9. The zero-order valence-electron chi connectivity index (χ0n) is 48.7. The molecule has 0 aliphatic carbocycles. The van der Waals surface area contributed by atoms with Crippen LogP contribution in [-0.2, 0) is 28.6 Å². The van der Waals surface area contributed by atoms with E-state index in [4.69, 9.17) is 14.2 Å². The van der Waals surface area contributed by atoms with Crippen molar-refractivity contribution in [2.75, 3.05) is 13.2 Å². The zero-order chi connectivity index (χ0) is 52.9. The molecule has 0 aliphatic rings. The highest BCUT2D eigenvalue weighted by Gasteiger charge is 2.19. The van der Waals surface area contributed by atoms with E-state index in [0.717, 1.165) is 89.9 Å². The van der Waals surface area contributed by atoms with E-state index in [1.807, 2.05) is 0 Å². The van der Waals surface area contributed by atoms with Crippen molar-refractivity contribution in [3.63, 3.8) is 0 Å². The Hall–Kier alpha value is -2.89. The van der Waals surface area contributed by atoms with E-state index in [1.165, 1.54) is 199 Å². The van der Waals surface area contributed by atoms with E-state index >= 15 is 0 Å². The van der Waals surface area contributed by atoms with Crippen LogP contribution in [0.2, 0.25) is 0 Å². The third-order valence-electron chi connectivity index (χ3n) is 14.0. The summed E-state index contributed by atoms with van der Waals surface area (Å²) in [5, 5.41) is 0. The minimum Gasteiger partial charge on any atom is -0.462 e. The number of esters is 3. The van der Waals surface area contributed by atoms with Gasteiger partial charge in [-0.25, -0.2) is 0 Å². The lowest BCUT2D eigenvalue weighted by atomic mass is 10.0. The molecule has 0 aromatic carbocycles. The number of carbonyl (C=O) groups excluding carboxylic acids is 3. The largest absolute Gasteiger partial charge is 0.462 e. The summed E-state index contributed by atoms with van der Waals surface area (Å²) in [4.78, 5) is 38.2. The minimum absolute atomic E-state index is 0.0783. The monoisotopic (exact) mass is 1020 g/mol. The summed E-state index contributed by atoms with van der Waals surface area (Å²) in [6.07, 6.45) is 78.1. The summed E-state index contributed by atoms with van der Waals surface area (Å²) in [5.41, 5.74) is 0. The SMILES string of the molecule is CCCCC/C=C\CCCCCCCC(=O)OCC(COC(=O)CCCCCCCCCCCCCCCC/C=C\C/C=C\C/C=C\CCCCCCC)OC(=O)CCCCCCC/C=C\CCCCCCC. The lowest BCUT2D eigenvalue weighted by Gasteiger charge is -2.18. The van der Waals surface area contributed by atoms with Gasteiger partial charge in [0.05, 0.1) is 0 Å². The van der Waals surface area contributed by atoms with Crippen molar-refractivity contribution in [1.82, 2.24) is 0 Å². The van der Waals surface area contributed by atoms with Gasteiger partial charge in [-0.15, -0.1) is 0 Å². The highest BCUT2D eigenvalue weighted by molar-refractivity contribution is 5.71. The maximum Gasteiger partial charge on any atom is 0.306 e. The summed E-state index contributed by atoms with van der Waals surface area (Å²) in [6, 6.07) is 0. The molecular formula is C67H120O6. The van der Waals surface area contributed by atoms with Crippen LogP contribution in [0.1, 0.15) is 329 Å². The average Bonchev–Trinajstić information content (AvgIpc) is 3.39. The van der Waals surface area contributed by atoms with Crippen LogP contribution in [0.5, 0.6) is 0 Å². The van der Waals surface area contributed by atoms with Crippen molar-refractivity contribution in [2.24, 2.45) is 0 Å². The van der Waals surface area contributed by atoms with Crippen molar-refractivity contribution >= 4 is 17.9 Å². The Kier molecular flexibility index (Phi) is 59.2. The van der Waals surface area contributed by atoms with Crippen LogP contribution in [-0.4, -0.2) is 37.2 Å². The van der Waals surface area contributed by atoms with Crippen molar-refractivity contribution in [3.8, 4) is 0 Å². The van der Waals surface area contributed by atoms with Gasteiger partial charge in [-0.2, -0.15) is 0 Å². The molecule has 0 fully saturated rings. The van der Waals surface area contributed by atoms with Crippen LogP contribution < -0.4 is 0 Å². The van der Waals surface area contributed by atoms with Crippen LogP contribution in [0.25, 0.3) is 0 Å². The van der Waals surface area contributed by atoms with E-state index in [1.54, 1.807) is 0 Å². The molecule has 73 heavy (non-hydrogen) atoms. The van der Waals surface area contributed by atoms with Crippen LogP contribution in [0.4, 0.5) is 0 Å². The Morgan fingerprint density at radius 2 is 0.493 bits per heavy atom. The minimum atomic E-state index is -0.781. The molecular weight excluding hydrogens is 901 g/mol. The maximum absolute atomic E-state index is 12.8. The van der Waals surface area contributed by atoms with Gasteiger partial charge < -0.3 is 14.2 Å². The molecule has 6 heteroatoms. The lowest BCUT2D eigenvalue weighted by molar-refractivity contribution is -0.167. The Labute approximate surface area is 453 Å². The quantitative estimate of drug-likeness (QED) is 0.0261. The number of carbonyl (C=O) groups is 3. The fraction of sp³-hybridized carbons (Fsp3) is 0.806. The van der Waals surface area contributed by atoms with Crippen LogP contribution in [0.3, 0.4) is 0 Å². The number of hydrogen-bond acceptors (Lipinski definition) is 6. The molecule has 0 aromatic rings. The Morgan fingerprint density at radius 3 is 0.808 bits per heavy atom. The molecule has 0 rings (SSSR count). The number of rotatable bonds is 58. The lowest BCUT2D eigenvalue weighted by Crippen LogP contribution is -2.30. The van der Waals surface area contributed by atoms with Crippen LogP contribution in [0, 0.1) is 0 Å². The summed E-state index contributed by atoms with van der Waals surface area (Å²) in [7, 11) is 0. The van der Waals surface area contributed by atoms with Crippen molar-refractivity contribution in [2.45, 2.75) is 335 Å². The van der Waals surface area contributed by atoms with Gasteiger partial charge in [0.2, 0.25) is 0 Å². The Bertz CT molecular complexity index is 1310. The average molecular weight is 1020 g/mol. The van der Waals surface area contributed by atoms with Gasteiger partial charge in [-0.05, 0) is 109 Å². The maximum atomic E-state index is 12.8. The molecule has 0 amide bonds. The Balaban J connectivity index is 4.18. The molecule has 0 heterocycles. The molecule has 0 saturated heterocycles. The summed E-state index contributed by atoms with van der Waals surface area (Å²) in [6.45, 7) is 6.61. The fourth-order valence-corrected chi connectivity index (χ4v) is 9.15. The normalized spacial score (nSPS) is 12.4. The molecule has 1 atom stereocenters. The predicted molar refractivity (Wildman–Crippen MR) is 316 cm³/mol. The molecule has 0 aliphatic heterocycles. The van der Waals surface area contributed by atoms with Gasteiger partial charge in [0.1, 0.15) is 13.2 Å². The second-order valence-corrected chi connectivity index (χ2v) is 21.3. The van der Waals surface area contributed by atoms with Gasteiger partial charge in [0.15, 0.2) is 6.10 Å². The first-order chi connectivity index (χ1) is 36.0. The second kappa shape index (κ2) is 61.7. The molecule has 0 radical (unpaired) electrons. The zero-order valence-corrected chi connectivity index (χ0v) is 48.7. The molecule has 1 unspecified atom stereocenters. The van der Waals surface area contributed by atoms with Crippen molar-refractivity contribution < 1.29 is 28.6 Å². The van der Waals surface area contributed by atoms with Gasteiger partial charge >= 0.3 is 17.9 Å². The molecule has 0 N–H and O–H groups in total. The van der Waals surface area contributed by atoms with Crippen molar-refractivity contribution in [3.05, 3.63) is 60.8 Å². The third kappa shape index (κ3) is 59.9. The Morgan fingerprint density at radius 1 is 0.274 bits per heavy atom. The first-order valence-electron chi connectivity index (χ1n) is 31.8. The van der Waals surface area contributed by atoms with E-state index in [2.05, 4.69) is 81.5 Å². The molecule has 0 aromatic heterocycles. The predicted octanol–water partition coefficient (Wildman–Crippen LogP) is 21.6. The van der Waals surface area contributed by atoms with Gasteiger partial charge in [-0.3, -0.25) is 14.4 Å². The van der Waals surface area contributed by atoms with E-state index in [-0.39, 0.29) is 31.1 Å².